The van der Waals surface area contributed by atoms with E-state index in [1.807, 2.05) is 43.3 Å². The number of rotatable bonds is 4. The zero-order chi connectivity index (χ0) is 18.1. The molecule has 3 aromatic rings. The molecule has 0 fully saturated rings. The molecule has 0 unspecified atom stereocenters. The number of carboxylic acid groups (broad SMARTS) is 1. The first kappa shape index (κ1) is 16.0. The Bertz CT molecular complexity index is 997. The molecule has 0 bridgehead atoms. The quantitative estimate of drug-likeness (QED) is 0.707. The van der Waals surface area contributed by atoms with Gasteiger partial charge in [0.25, 0.3) is 0 Å². The number of hydrogen-bond acceptors (Lipinski definition) is 4. The highest BCUT2D eigenvalue weighted by Gasteiger charge is 2.14. The second-order valence-corrected chi connectivity index (χ2v) is 6.07. The van der Waals surface area contributed by atoms with Gasteiger partial charge in [-0.25, -0.2) is 4.79 Å². The van der Waals surface area contributed by atoms with Crippen molar-refractivity contribution in [1.29, 1.82) is 0 Å². The Kier molecular flexibility index (Phi) is 3.97. The van der Waals surface area contributed by atoms with Crippen LogP contribution in [0.15, 0.2) is 60.7 Å². The minimum atomic E-state index is -0.956. The Morgan fingerprint density at radius 1 is 0.923 bits per heavy atom. The summed E-state index contributed by atoms with van der Waals surface area (Å²) >= 11 is 0. The number of aromatic carboxylic acids is 1. The second-order valence-electron chi connectivity index (χ2n) is 6.07. The van der Waals surface area contributed by atoms with Crippen molar-refractivity contribution in [3.63, 3.8) is 0 Å². The van der Waals surface area contributed by atoms with Gasteiger partial charge in [0.1, 0.15) is 0 Å². The standard InChI is InChI=1S/C21H17NO4/c1-13-10-14(15-7-9-19-20(11-15)26-12-25-19)6-8-17(13)22-18-5-3-2-4-16(18)21(23)24/h2-11,22H,12H2,1H3,(H,23,24). The van der Waals surface area contributed by atoms with E-state index in [1.165, 1.54) is 0 Å². The summed E-state index contributed by atoms with van der Waals surface area (Å²) in [6, 6.07) is 18.7. The summed E-state index contributed by atoms with van der Waals surface area (Å²) in [6.07, 6.45) is 0. The Labute approximate surface area is 150 Å². The molecule has 0 amide bonds. The number of carboxylic acids is 1. The van der Waals surface area contributed by atoms with Crippen LogP contribution in [-0.4, -0.2) is 17.9 Å². The summed E-state index contributed by atoms with van der Waals surface area (Å²) in [6.45, 7) is 2.24. The smallest absolute Gasteiger partial charge is 0.337 e. The predicted octanol–water partition coefficient (Wildman–Crippen LogP) is 4.83. The lowest BCUT2D eigenvalue weighted by atomic mass is 10.0. The molecule has 0 radical (unpaired) electrons. The average molecular weight is 347 g/mol. The molecule has 1 heterocycles. The van der Waals surface area contributed by atoms with Gasteiger partial charge in [0, 0.05) is 5.69 Å². The van der Waals surface area contributed by atoms with Gasteiger partial charge in [-0.05, 0) is 60.0 Å². The van der Waals surface area contributed by atoms with Crippen molar-refractivity contribution in [3.8, 4) is 22.6 Å². The third-order valence-corrected chi connectivity index (χ3v) is 4.36. The summed E-state index contributed by atoms with van der Waals surface area (Å²) in [4.78, 5) is 11.4. The Morgan fingerprint density at radius 2 is 1.65 bits per heavy atom. The van der Waals surface area contributed by atoms with Crippen LogP contribution in [0.4, 0.5) is 11.4 Å². The summed E-state index contributed by atoms with van der Waals surface area (Å²) < 4.78 is 10.8. The first-order valence-corrected chi connectivity index (χ1v) is 8.22. The van der Waals surface area contributed by atoms with E-state index in [9.17, 15) is 9.90 Å². The normalized spacial score (nSPS) is 12.0. The van der Waals surface area contributed by atoms with Crippen LogP contribution in [0.25, 0.3) is 11.1 Å². The van der Waals surface area contributed by atoms with E-state index in [0.29, 0.717) is 5.69 Å². The molecule has 0 spiro atoms. The van der Waals surface area contributed by atoms with Crippen LogP contribution in [0.1, 0.15) is 15.9 Å². The lowest BCUT2D eigenvalue weighted by Crippen LogP contribution is -2.03. The van der Waals surface area contributed by atoms with Crippen LogP contribution < -0.4 is 14.8 Å². The predicted molar refractivity (Wildman–Crippen MR) is 99.4 cm³/mol. The molecule has 1 aliphatic rings. The molecule has 2 N–H and O–H groups in total. The molecule has 0 saturated carbocycles. The van der Waals surface area contributed by atoms with Gasteiger partial charge in [-0.3, -0.25) is 0 Å². The first-order chi connectivity index (χ1) is 12.6. The fourth-order valence-corrected chi connectivity index (χ4v) is 2.98. The van der Waals surface area contributed by atoms with Crippen LogP contribution in [0, 0.1) is 6.92 Å². The van der Waals surface area contributed by atoms with E-state index >= 15 is 0 Å². The Morgan fingerprint density at radius 3 is 2.46 bits per heavy atom. The van der Waals surface area contributed by atoms with Gasteiger partial charge in [0.15, 0.2) is 11.5 Å². The molecule has 0 aromatic heterocycles. The summed E-state index contributed by atoms with van der Waals surface area (Å²) in [5.41, 5.74) is 4.78. The molecule has 3 aromatic carbocycles. The van der Waals surface area contributed by atoms with Crippen LogP contribution >= 0.6 is 0 Å². The maximum atomic E-state index is 11.4. The van der Waals surface area contributed by atoms with Crippen LogP contribution in [-0.2, 0) is 0 Å². The Hall–Kier alpha value is -3.47. The summed E-state index contributed by atoms with van der Waals surface area (Å²) in [5, 5.41) is 12.5. The molecule has 0 aliphatic carbocycles. The fourth-order valence-electron chi connectivity index (χ4n) is 2.98. The van der Waals surface area contributed by atoms with Crippen molar-refractivity contribution in [2.45, 2.75) is 6.92 Å². The number of nitrogens with one attached hydrogen (secondary N) is 1. The average Bonchev–Trinajstić information content (AvgIpc) is 3.11. The van der Waals surface area contributed by atoms with Gasteiger partial charge < -0.3 is 19.9 Å². The molecule has 0 atom stereocenters. The Balaban J connectivity index is 1.64. The molecule has 130 valence electrons. The number of aryl methyl sites for hydroxylation is 1. The maximum Gasteiger partial charge on any atom is 0.337 e. The van der Waals surface area contributed by atoms with Gasteiger partial charge >= 0.3 is 5.97 Å². The highest BCUT2D eigenvalue weighted by molar-refractivity contribution is 5.95. The van der Waals surface area contributed by atoms with E-state index in [2.05, 4.69) is 11.4 Å². The third-order valence-electron chi connectivity index (χ3n) is 4.36. The van der Waals surface area contributed by atoms with Crippen LogP contribution in [0.3, 0.4) is 0 Å². The monoisotopic (exact) mass is 347 g/mol. The number of benzene rings is 3. The minimum absolute atomic E-state index is 0.242. The van der Waals surface area contributed by atoms with Gasteiger partial charge in [-0.15, -0.1) is 0 Å². The molecule has 4 rings (SSSR count). The summed E-state index contributed by atoms with van der Waals surface area (Å²) in [7, 11) is 0. The van der Waals surface area contributed by atoms with Crippen molar-refractivity contribution in [3.05, 3.63) is 71.8 Å². The first-order valence-electron chi connectivity index (χ1n) is 8.22. The maximum absolute atomic E-state index is 11.4. The van der Waals surface area contributed by atoms with Gasteiger partial charge in [-0.2, -0.15) is 0 Å². The van der Waals surface area contributed by atoms with Gasteiger partial charge in [0.2, 0.25) is 6.79 Å². The SMILES string of the molecule is Cc1cc(-c2ccc3c(c2)OCO3)ccc1Nc1ccccc1C(=O)O. The van der Waals surface area contributed by atoms with Crippen molar-refractivity contribution in [2.75, 3.05) is 12.1 Å². The lowest BCUT2D eigenvalue weighted by Gasteiger charge is -2.13. The number of anilines is 2. The molecular formula is C21H17NO4. The minimum Gasteiger partial charge on any atom is -0.478 e. The number of hydrogen-bond donors (Lipinski definition) is 2. The zero-order valence-corrected chi connectivity index (χ0v) is 14.2. The van der Waals surface area contributed by atoms with Crippen molar-refractivity contribution in [1.82, 2.24) is 0 Å². The van der Waals surface area contributed by atoms with Gasteiger partial charge in [-0.1, -0.05) is 24.3 Å². The highest BCUT2D eigenvalue weighted by atomic mass is 16.7. The lowest BCUT2D eigenvalue weighted by molar-refractivity contribution is 0.0698. The topological polar surface area (TPSA) is 67.8 Å². The molecule has 1 aliphatic heterocycles. The number of fused-ring (bicyclic) bond motifs is 1. The number of carbonyl (C=O) groups is 1. The van der Waals surface area contributed by atoms with E-state index in [4.69, 9.17) is 9.47 Å². The summed E-state index contributed by atoms with van der Waals surface area (Å²) in [5.74, 6) is 0.550. The molecular weight excluding hydrogens is 330 g/mol. The third kappa shape index (κ3) is 2.95. The molecule has 5 nitrogen and oxygen atoms in total. The van der Waals surface area contributed by atoms with Gasteiger partial charge in [0.05, 0.1) is 11.3 Å². The largest absolute Gasteiger partial charge is 0.478 e. The van der Waals surface area contributed by atoms with E-state index < -0.39 is 5.97 Å². The fraction of sp³-hybridized carbons (Fsp3) is 0.0952. The molecule has 0 saturated heterocycles. The highest BCUT2D eigenvalue weighted by Crippen LogP contribution is 2.37. The van der Waals surface area contributed by atoms with Crippen molar-refractivity contribution in [2.24, 2.45) is 0 Å². The van der Waals surface area contributed by atoms with Crippen molar-refractivity contribution >= 4 is 17.3 Å². The van der Waals surface area contributed by atoms with Crippen LogP contribution in [0.2, 0.25) is 0 Å². The number of para-hydroxylation sites is 1. The number of ether oxygens (including phenoxy) is 2. The van der Waals surface area contributed by atoms with Crippen LogP contribution in [0.5, 0.6) is 11.5 Å². The molecule has 5 heteroatoms. The van der Waals surface area contributed by atoms with E-state index in [0.717, 1.165) is 33.9 Å². The van der Waals surface area contributed by atoms with E-state index in [-0.39, 0.29) is 12.4 Å². The zero-order valence-electron chi connectivity index (χ0n) is 14.2. The second kappa shape index (κ2) is 6.44. The van der Waals surface area contributed by atoms with E-state index in [1.54, 1.807) is 18.2 Å². The van der Waals surface area contributed by atoms with Crippen molar-refractivity contribution < 1.29 is 19.4 Å². The molecule has 26 heavy (non-hydrogen) atoms.